The molecule has 0 unspecified atom stereocenters. The lowest BCUT2D eigenvalue weighted by atomic mass is 10.3. The summed E-state index contributed by atoms with van der Waals surface area (Å²) < 4.78 is 1.30. The predicted molar refractivity (Wildman–Crippen MR) is 50.3 cm³/mol. The van der Waals surface area contributed by atoms with Crippen LogP contribution in [0.2, 0.25) is 0 Å². The quantitative estimate of drug-likeness (QED) is 0.451. The van der Waals surface area contributed by atoms with Crippen LogP contribution in [0.4, 0.5) is 5.69 Å². The fourth-order valence-corrected chi connectivity index (χ4v) is 0.865. The molecule has 7 heteroatoms. The topological polar surface area (TPSA) is 98.3 Å². The summed E-state index contributed by atoms with van der Waals surface area (Å²) in [6.07, 6.45) is 3.79. The van der Waals surface area contributed by atoms with Crippen LogP contribution in [0.25, 0.3) is 0 Å². The molecule has 0 saturated heterocycles. The second-order valence-corrected chi connectivity index (χ2v) is 2.87. The highest BCUT2D eigenvalue weighted by molar-refractivity contribution is 5.85. The van der Waals surface area contributed by atoms with E-state index in [1.807, 2.05) is 0 Å². The van der Waals surface area contributed by atoms with Gasteiger partial charge in [0.2, 0.25) is 0 Å². The number of hydrogen-bond donors (Lipinski definition) is 1. The number of rotatable bonds is 4. The highest BCUT2D eigenvalue weighted by atomic mass is 16.6. The third-order valence-corrected chi connectivity index (χ3v) is 1.75. The number of carboxylic acids is 1. The minimum absolute atomic E-state index is 0.114. The summed E-state index contributed by atoms with van der Waals surface area (Å²) in [6, 6.07) is 0. The van der Waals surface area contributed by atoms with Crippen molar-refractivity contribution in [2.75, 3.05) is 0 Å². The fourth-order valence-electron chi connectivity index (χ4n) is 0.865. The number of aliphatic carboxylic acids is 1. The molecule has 0 amide bonds. The van der Waals surface area contributed by atoms with Crippen LogP contribution >= 0.6 is 0 Å². The minimum atomic E-state index is -1.02. The molecule has 0 spiro atoms. The van der Waals surface area contributed by atoms with Gasteiger partial charge in [0.1, 0.15) is 12.4 Å². The van der Waals surface area contributed by atoms with Gasteiger partial charge < -0.3 is 5.11 Å². The second kappa shape index (κ2) is 4.36. The van der Waals surface area contributed by atoms with Crippen LogP contribution in [-0.4, -0.2) is 25.8 Å². The van der Waals surface area contributed by atoms with Crippen LogP contribution in [0.3, 0.4) is 0 Å². The predicted octanol–water partition coefficient (Wildman–Crippen LogP) is 0.822. The van der Waals surface area contributed by atoms with Gasteiger partial charge in [0.15, 0.2) is 0 Å². The summed E-state index contributed by atoms with van der Waals surface area (Å²) in [6.45, 7) is 1.65. The fraction of sp³-hybridized carbons (Fsp3) is 0.250. The van der Waals surface area contributed by atoms with E-state index < -0.39 is 10.9 Å². The zero-order valence-electron chi connectivity index (χ0n) is 7.95. The van der Waals surface area contributed by atoms with E-state index in [9.17, 15) is 14.9 Å². The van der Waals surface area contributed by atoms with E-state index >= 15 is 0 Å². The zero-order valence-corrected chi connectivity index (χ0v) is 7.95. The SMILES string of the molecule is CC(=CCn1cc([N+](=O)[O-])cn1)C(=O)O. The largest absolute Gasteiger partial charge is 0.478 e. The highest BCUT2D eigenvalue weighted by Crippen LogP contribution is 2.07. The first-order valence-corrected chi connectivity index (χ1v) is 4.07. The molecule has 0 fully saturated rings. The van der Waals surface area contributed by atoms with Crippen molar-refractivity contribution in [2.45, 2.75) is 13.5 Å². The van der Waals surface area contributed by atoms with Crippen molar-refractivity contribution in [3.63, 3.8) is 0 Å². The Bertz CT molecular complexity index is 421. The Labute approximate surface area is 84.8 Å². The van der Waals surface area contributed by atoms with Gasteiger partial charge in [-0.15, -0.1) is 0 Å². The van der Waals surface area contributed by atoms with E-state index in [0.717, 1.165) is 6.20 Å². The summed E-state index contributed by atoms with van der Waals surface area (Å²) in [5.41, 5.74) is 0.0598. The summed E-state index contributed by atoms with van der Waals surface area (Å²) >= 11 is 0. The van der Waals surface area contributed by atoms with Gasteiger partial charge in [-0.05, 0) is 6.92 Å². The van der Waals surface area contributed by atoms with Crippen LogP contribution < -0.4 is 0 Å². The Balaban J connectivity index is 2.70. The molecule has 1 heterocycles. The van der Waals surface area contributed by atoms with Gasteiger partial charge in [-0.3, -0.25) is 14.8 Å². The first kappa shape index (κ1) is 10.9. The Morgan fingerprint density at radius 2 is 2.47 bits per heavy atom. The zero-order chi connectivity index (χ0) is 11.4. The molecular formula is C8H9N3O4. The lowest BCUT2D eigenvalue weighted by Crippen LogP contribution is -2.00. The Kier molecular flexibility index (Phi) is 3.17. The van der Waals surface area contributed by atoms with Crippen molar-refractivity contribution in [1.82, 2.24) is 9.78 Å². The second-order valence-electron chi connectivity index (χ2n) is 2.87. The number of nitrogens with zero attached hydrogens (tertiary/aromatic N) is 3. The van der Waals surface area contributed by atoms with E-state index in [2.05, 4.69) is 5.10 Å². The standard InChI is InChI=1S/C8H9N3O4/c1-6(8(12)13)2-3-10-5-7(4-9-10)11(14)15/h2,4-5H,3H2,1H3,(H,12,13). The molecule has 7 nitrogen and oxygen atoms in total. The number of aromatic nitrogens is 2. The highest BCUT2D eigenvalue weighted by Gasteiger charge is 2.07. The monoisotopic (exact) mass is 211 g/mol. The summed E-state index contributed by atoms with van der Waals surface area (Å²) in [5, 5.41) is 22.6. The van der Waals surface area contributed by atoms with Crippen LogP contribution in [-0.2, 0) is 11.3 Å². The summed E-state index contributed by atoms with van der Waals surface area (Å²) in [7, 11) is 0. The van der Waals surface area contributed by atoms with E-state index in [1.165, 1.54) is 23.9 Å². The molecular weight excluding hydrogens is 202 g/mol. The van der Waals surface area contributed by atoms with Crippen molar-refractivity contribution in [1.29, 1.82) is 0 Å². The number of nitro groups is 1. The smallest absolute Gasteiger partial charge is 0.331 e. The molecule has 0 saturated carbocycles. The maximum absolute atomic E-state index is 10.4. The number of allylic oxidation sites excluding steroid dienone is 1. The van der Waals surface area contributed by atoms with Crippen LogP contribution in [0.5, 0.6) is 0 Å². The van der Waals surface area contributed by atoms with Gasteiger partial charge >= 0.3 is 11.7 Å². The van der Waals surface area contributed by atoms with Gasteiger partial charge in [-0.25, -0.2) is 4.79 Å². The van der Waals surface area contributed by atoms with E-state index in [-0.39, 0.29) is 17.8 Å². The number of carboxylic acid groups (broad SMARTS) is 1. The third-order valence-electron chi connectivity index (χ3n) is 1.75. The van der Waals surface area contributed by atoms with Gasteiger partial charge in [-0.1, -0.05) is 6.08 Å². The lowest BCUT2D eigenvalue weighted by molar-refractivity contribution is -0.385. The summed E-state index contributed by atoms with van der Waals surface area (Å²) in [5.74, 6) is -1.02. The lowest BCUT2D eigenvalue weighted by Gasteiger charge is -1.95. The first-order valence-electron chi connectivity index (χ1n) is 4.07. The maximum Gasteiger partial charge on any atom is 0.331 e. The molecule has 0 bridgehead atoms. The molecule has 1 aromatic heterocycles. The van der Waals surface area contributed by atoms with Crippen LogP contribution in [0.15, 0.2) is 24.0 Å². The molecule has 0 aliphatic heterocycles. The van der Waals surface area contributed by atoms with Gasteiger partial charge in [0, 0.05) is 5.57 Å². The number of hydrogen-bond acceptors (Lipinski definition) is 4. The molecule has 1 N–H and O–H groups in total. The maximum atomic E-state index is 10.4. The molecule has 0 radical (unpaired) electrons. The van der Waals surface area contributed by atoms with Crippen LogP contribution in [0.1, 0.15) is 6.92 Å². The van der Waals surface area contributed by atoms with E-state index in [4.69, 9.17) is 5.11 Å². The molecule has 1 aromatic rings. The van der Waals surface area contributed by atoms with Crippen molar-refractivity contribution in [3.8, 4) is 0 Å². The molecule has 0 atom stereocenters. The third kappa shape index (κ3) is 2.90. The van der Waals surface area contributed by atoms with Gasteiger partial charge in [0.05, 0.1) is 11.5 Å². The molecule has 80 valence electrons. The Morgan fingerprint density at radius 1 is 1.80 bits per heavy atom. The molecule has 0 aliphatic rings. The van der Waals surface area contributed by atoms with Crippen LogP contribution in [0, 0.1) is 10.1 Å². The van der Waals surface area contributed by atoms with Crippen molar-refractivity contribution >= 4 is 11.7 Å². The van der Waals surface area contributed by atoms with Crippen molar-refractivity contribution in [3.05, 3.63) is 34.2 Å². The average molecular weight is 211 g/mol. The summed E-state index contributed by atoms with van der Waals surface area (Å²) in [4.78, 5) is 20.2. The molecule has 0 aliphatic carbocycles. The van der Waals surface area contributed by atoms with E-state index in [0.29, 0.717) is 0 Å². The first-order chi connectivity index (χ1) is 7.00. The van der Waals surface area contributed by atoms with Crippen molar-refractivity contribution in [2.24, 2.45) is 0 Å². The van der Waals surface area contributed by atoms with Crippen molar-refractivity contribution < 1.29 is 14.8 Å². The molecule has 1 rings (SSSR count). The Hall–Kier alpha value is -2.18. The molecule has 0 aromatic carbocycles. The van der Waals surface area contributed by atoms with Gasteiger partial charge in [0.25, 0.3) is 0 Å². The number of carbonyl (C=O) groups is 1. The average Bonchev–Trinajstić information content (AvgIpc) is 2.62. The normalized spacial score (nSPS) is 11.4. The minimum Gasteiger partial charge on any atom is -0.478 e. The Morgan fingerprint density at radius 3 is 2.93 bits per heavy atom. The molecule has 15 heavy (non-hydrogen) atoms. The van der Waals surface area contributed by atoms with E-state index in [1.54, 1.807) is 0 Å². The van der Waals surface area contributed by atoms with Gasteiger partial charge in [-0.2, -0.15) is 5.10 Å².